The minimum absolute atomic E-state index is 0. The second kappa shape index (κ2) is 9.20. The van der Waals surface area contributed by atoms with Gasteiger partial charge in [-0.05, 0) is 0 Å². The van der Waals surface area contributed by atoms with Crippen molar-refractivity contribution in [3.05, 3.63) is 77.4 Å². The fourth-order valence-corrected chi connectivity index (χ4v) is 12.7. The maximum Gasteiger partial charge on any atom is -1.00 e. The fourth-order valence-electron chi connectivity index (χ4n) is 4.02. The van der Waals surface area contributed by atoms with Crippen LogP contribution < -0.4 is 24.8 Å². The largest absolute Gasteiger partial charge is 1.00 e. The van der Waals surface area contributed by atoms with Gasteiger partial charge in [0, 0.05) is 0 Å². The molecule has 0 fully saturated rings. The van der Waals surface area contributed by atoms with Gasteiger partial charge in [0.25, 0.3) is 0 Å². The van der Waals surface area contributed by atoms with Gasteiger partial charge in [-0.3, -0.25) is 0 Å². The fraction of sp³-hybridized carbons (Fsp3) is 0.273. The first-order valence-electron chi connectivity index (χ1n) is 8.87. The molecule has 0 heterocycles. The van der Waals surface area contributed by atoms with Gasteiger partial charge in [0.1, 0.15) is 0 Å². The zero-order valence-electron chi connectivity index (χ0n) is 15.4. The molecule has 0 nitrogen and oxygen atoms in total. The summed E-state index contributed by atoms with van der Waals surface area (Å²) in [5, 5.41) is 0. The van der Waals surface area contributed by atoms with E-state index in [1.165, 1.54) is 28.7 Å². The summed E-state index contributed by atoms with van der Waals surface area (Å²) in [6, 6.07) is 16.4. The molecule has 2 aromatic rings. The molecule has 4 rings (SSSR count). The van der Waals surface area contributed by atoms with E-state index in [4.69, 9.17) is 0 Å². The van der Waals surface area contributed by atoms with E-state index in [2.05, 4.69) is 80.7 Å². The Kier molecular flexibility index (Phi) is 7.74. The molecule has 133 valence electrons. The number of benzene rings is 2. The van der Waals surface area contributed by atoms with Gasteiger partial charge in [-0.2, -0.15) is 0 Å². The maximum absolute atomic E-state index is 2.53. The topological polar surface area (TPSA) is 0 Å². The zero-order chi connectivity index (χ0) is 16.7. The van der Waals surface area contributed by atoms with Crippen LogP contribution in [-0.4, -0.2) is 5.43 Å². The predicted octanol–water partition coefficient (Wildman–Crippen LogP) is 0.0774. The average Bonchev–Trinajstić information content (AvgIpc) is 3.18. The van der Waals surface area contributed by atoms with Crippen LogP contribution in [0.2, 0.25) is 13.1 Å². The monoisotopic (exact) mass is 475 g/mol. The molecule has 2 aliphatic carbocycles. The Hall–Kier alpha value is -0.400. The Morgan fingerprint density at radius 3 is 2.42 bits per heavy atom. The summed E-state index contributed by atoms with van der Waals surface area (Å²) in [5.74, 6) is 0.599. The molecule has 4 heteroatoms. The Morgan fingerprint density at radius 2 is 1.69 bits per heavy atom. The van der Waals surface area contributed by atoms with Crippen LogP contribution in [0.25, 0.3) is 16.7 Å². The summed E-state index contributed by atoms with van der Waals surface area (Å²) >= 11 is -0.400. The Morgan fingerprint density at radius 1 is 0.962 bits per heavy atom. The molecule has 0 spiro atoms. The van der Waals surface area contributed by atoms with Crippen LogP contribution >= 0.6 is 0 Å². The number of halogens is 2. The van der Waals surface area contributed by atoms with E-state index in [0.29, 0.717) is 5.92 Å². The minimum Gasteiger partial charge on any atom is -1.00 e. The van der Waals surface area contributed by atoms with E-state index in [1.54, 1.807) is 11.1 Å². The van der Waals surface area contributed by atoms with Crippen LogP contribution in [0.3, 0.4) is 0 Å². The van der Waals surface area contributed by atoms with Gasteiger partial charge >= 0.3 is 157 Å². The van der Waals surface area contributed by atoms with E-state index >= 15 is 0 Å². The van der Waals surface area contributed by atoms with Gasteiger partial charge in [-0.25, -0.2) is 0 Å². The van der Waals surface area contributed by atoms with Gasteiger partial charge < -0.3 is 24.8 Å². The molecular weight excluding hydrogens is 454 g/mol. The molecular formula is C22H23Cl2SiZr. The maximum atomic E-state index is 2.53. The SMILES string of the molecule is CCC1C=CC=C1c1ccc2c(c1)[CH]([Zr+2]=[Si](C)C)c1ccccc1-2.[Cl-].[Cl-]. The smallest absolute Gasteiger partial charge is 1.00 e. The number of allylic oxidation sites excluding steroid dienone is 4. The van der Waals surface area contributed by atoms with Gasteiger partial charge in [-0.15, -0.1) is 0 Å². The van der Waals surface area contributed by atoms with Crippen molar-refractivity contribution in [1.82, 2.24) is 0 Å². The summed E-state index contributed by atoms with van der Waals surface area (Å²) in [6.45, 7) is 7.31. The number of rotatable bonds is 3. The molecule has 0 N–H and O–H groups in total. The van der Waals surface area contributed by atoms with Crippen molar-refractivity contribution >= 4 is 11.0 Å². The van der Waals surface area contributed by atoms with Crippen molar-refractivity contribution in [1.29, 1.82) is 0 Å². The molecule has 2 aliphatic rings. The average molecular weight is 478 g/mol. The molecule has 0 amide bonds. The normalized spacial score (nSPS) is 18.8. The van der Waals surface area contributed by atoms with E-state index in [9.17, 15) is 0 Å². The van der Waals surface area contributed by atoms with Crippen molar-refractivity contribution in [3.63, 3.8) is 0 Å². The number of hydrogen-bond donors (Lipinski definition) is 0. The standard InChI is InChI=1S/C20H17.C2H6Si.2ClH.Zr/c1-2-14-7-5-9-18(14)16-10-11-20-17(13-16)12-15-6-3-4-8-19(15)20;1-3-2;;;/h3-14H,2H2,1H3;1-2H3;2*1H;/q;;;;+2/p-2. The van der Waals surface area contributed by atoms with Crippen LogP contribution in [0.5, 0.6) is 0 Å². The van der Waals surface area contributed by atoms with Crippen LogP contribution in [0, 0.1) is 5.92 Å². The third kappa shape index (κ3) is 3.90. The van der Waals surface area contributed by atoms with Crippen LogP contribution in [0.1, 0.15) is 33.7 Å². The first-order chi connectivity index (χ1) is 11.7. The summed E-state index contributed by atoms with van der Waals surface area (Å²) in [7, 11) is 0. The summed E-state index contributed by atoms with van der Waals surface area (Å²) in [5.41, 5.74) is 9.11. The molecule has 26 heavy (non-hydrogen) atoms. The van der Waals surface area contributed by atoms with E-state index < -0.39 is 21.9 Å². The van der Waals surface area contributed by atoms with Crippen molar-refractivity contribution in [2.75, 3.05) is 0 Å². The van der Waals surface area contributed by atoms with Crippen molar-refractivity contribution in [2.45, 2.75) is 30.1 Å². The number of hydrogen-bond acceptors (Lipinski definition) is 0. The molecule has 0 bridgehead atoms. The van der Waals surface area contributed by atoms with Crippen LogP contribution in [0.4, 0.5) is 0 Å². The first kappa shape index (κ1) is 21.9. The van der Waals surface area contributed by atoms with Crippen molar-refractivity contribution < 1.29 is 46.7 Å². The minimum atomic E-state index is -0.400. The van der Waals surface area contributed by atoms with Gasteiger partial charge in [0.15, 0.2) is 0 Å². The zero-order valence-corrected chi connectivity index (χ0v) is 20.4. The Bertz CT molecular complexity index is 895. The van der Waals surface area contributed by atoms with Crippen LogP contribution in [0.15, 0.2) is 60.7 Å². The molecule has 2 unspecified atom stereocenters. The van der Waals surface area contributed by atoms with E-state index in [-0.39, 0.29) is 30.2 Å². The molecule has 2 atom stereocenters. The van der Waals surface area contributed by atoms with Gasteiger partial charge in [0.05, 0.1) is 0 Å². The predicted molar refractivity (Wildman–Crippen MR) is 102 cm³/mol. The molecule has 0 saturated heterocycles. The third-order valence-electron chi connectivity index (χ3n) is 5.15. The molecule has 0 aliphatic heterocycles. The van der Waals surface area contributed by atoms with E-state index in [0.717, 1.165) is 3.63 Å². The molecule has 2 aromatic carbocycles. The Labute approximate surface area is 181 Å². The van der Waals surface area contributed by atoms with Gasteiger partial charge in [0.2, 0.25) is 0 Å². The Balaban J connectivity index is 0.00000121. The summed E-state index contributed by atoms with van der Waals surface area (Å²) in [6.07, 6.45) is 8.10. The van der Waals surface area contributed by atoms with Crippen LogP contribution in [-0.2, 0) is 21.9 Å². The summed E-state index contributed by atoms with van der Waals surface area (Å²) < 4.78 is 0.763. The number of fused-ring (bicyclic) bond motifs is 3. The first-order valence-corrected chi connectivity index (χ1v) is 16.5. The van der Waals surface area contributed by atoms with Crippen molar-refractivity contribution in [2.24, 2.45) is 5.92 Å². The molecule has 0 radical (unpaired) electrons. The molecule has 0 saturated carbocycles. The quantitative estimate of drug-likeness (QED) is 0.550. The van der Waals surface area contributed by atoms with E-state index in [1.807, 2.05) is 0 Å². The molecule has 0 aromatic heterocycles. The summed E-state index contributed by atoms with van der Waals surface area (Å²) in [4.78, 5) is 0. The van der Waals surface area contributed by atoms with Gasteiger partial charge in [-0.1, -0.05) is 0 Å². The second-order valence-corrected chi connectivity index (χ2v) is 20.2. The second-order valence-electron chi connectivity index (χ2n) is 6.99. The van der Waals surface area contributed by atoms with Crippen molar-refractivity contribution in [3.8, 4) is 11.1 Å². The third-order valence-corrected chi connectivity index (χ3v) is 13.9.